The van der Waals surface area contributed by atoms with E-state index in [1.807, 2.05) is 0 Å². The van der Waals surface area contributed by atoms with E-state index in [0.717, 1.165) is 26.3 Å². The molecule has 0 aromatic carbocycles. The minimum Gasteiger partial charge on any atom is -0.378 e. The maximum absolute atomic E-state index is 5.56. The summed E-state index contributed by atoms with van der Waals surface area (Å²) in [7, 11) is 0. The third-order valence-corrected chi connectivity index (χ3v) is 3.66. The molecular formula is C14H30N2O. The highest BCUT2D eigenvalue weighted by molar-refractivity contribution is 4.79. The standard InChI is InChI=1S/C14H30N2O/c1-5-14-11-17-10-9-16(14)13(4)7-6-8-15-12(2)3/h12-15H,5-11H2,1-4H3. The van der Waals surface area contributed by atoms with E-state index < -0.39 is 0 Å². The molecule has 1 aliphatic heterocycles. The van der Waals surface area contributed by atoms with Gasteiger partial charge < -0.3 is 10.1 Å². The van der Waals surface area contributed by atoms with E-state index in [1.165, 1.54) is 19.3 Å². The molecule has 1 rings (SSSR count). The molecule has 0 aliphatic carbocycles. The van der Waals surface area contributed by atoms with Crippen LogP contribution in [0.25, 0.3) is 0 Å². The molecule has 3 nitrogen and oxygen atoms in total. The number of morpholine rings is 1. The van der Waals surface area contributed by atoms with Gasteiger partial charge in [0.2, 0.25) is 0 Å². The number of hydrogen-bond acceptors (Lipinski definition) is 3. The molecule has 0 aromatic heterocycles. The SMILES string of the molecule is CCC1COCCN1C(C)CCCNC(C)C. The van der Waals surface area contributed by atoms with Gasteiger partial charge in [0.1, 0.15) is 0 Å². The van der Waals surface area contributed by atoms with E-state index in [1.54, 1.807) is 0 Å². The Bertz CT molecular complexity index is 197. The summed E-state index contributed by atoms with van der Waals surface area (Å²) in [6.07, 6.45) is 3.76. The van der Waals surface area contributed by atoms with Gasteiger partial charge >= 0.3 is 0 Å². The zero-order valence-corrected chi connectivity index (χ0v) is 12.0. The van der Waals surface area contributed by atoms with E-state index in [-0.39, 0.29) is 0 Å². The van der Waals surface area contributed by atoms with Crippen LogP contribution in [0.5, 0.6) is 0 Å². The van der Waals surface area contributed by atoms with Gasteiger partial charge in [-0.3, -0.25) is 4.90 Å². The minimum atomic E-state index is 0.608. The fraction of sp³-hybridized carbons (Fsp3) is 1.00. The van der Waals surface area contributed by atoms with Gasteiger partial charge in [-0.2, -0.15) is 0 Å². The molecule has 102 valence electrons. The molecule has 17 heavy (non-hydrogen) atoms. The topological polar surface area (TPSA) is 24.5 Å². The Balaban J connectivity index is 2.22. The quantitative estimate of drug-likeness (QED) is 0.693. The van der Waals surface area contributed by atoms with Gasteiger partial charge in [0.05, 0.1) is 13.2 Å². The van der Waals surface area contributed by atoms with Crippen LogP contribution in [-0.4, -0.2) is 49.3 Å². The Morgan fingerprint density at radius 1 is 1.35 bits per heavy atom. The number of rotatable bonds is 7. The highest BCUT2D eigenvalue weighted by Crippen LogP contribution is 2.16. The lowest BCUT2D eigenvalue weighted by Crippen LogP contribution is -2.49. The molecule has 0 bridgehead atoms. The molecule has 1 N–H and O–H groups in total. The Morgan fingerprint density at radius 3 is 2.76 bits per heavy atom. The smallest absolute Gasteiger partial charge is 0.0622 e. The van der Waals surface area contributed by atoms with Crippen molar-refractivity contribution in [1.29, 1.82) is 0 Å². The first-order valence-corrected chi connectivity index (χ1v) is 7.22. The maximum Gasteiger partial charge on any atom is 0.0622 e. The highest BCUT2D eigenvalue weighted by atomic mass is 16.5. The molecule has 1 heterocycles. The second kappa shape index (κ2) is 8.06. The molecule has 2 atom stereocenters. The Kier molecular flexibility index (Phi) is 7.09. The van der Waals surface area contributed by atoms with E-state index in [0.29, 0.717) is 18.1 Å². The number of nitrogens with one attached hydrogen (secondary N) is 1. The normalized spacial score (nSPS) is 24.2. The van der Waals surface area contributed by atoms with Crippen LogP contribution < -0.4 is 5.32 Å². The third-order valence-electron chi connectivity index (χ3n) is 3.66. The van der Waals surface area contributed by atoms with Gasteiger partial charge in [-0.05, 0) is 32.7 Å². The molecule has 0 spiro atoms. The maximum atomic E-state index is 5.56. The highest BCUT2D eigenvalue weighted by Gasteiger charge is 2.25. The third kappa shape index (κ3) is 5.36. The van der Waals surface area contributed by atoms with Gasteiger partial charge in [-0.25, -0.2) is 0 Å². The predicted molar refractivity (Wildman–Crippen MR) is 73.4 cm³/mol. The van der Waals surface area contributed by atoms with Gasteiger partial charge in [-0.15, -0.1) is 0 Å². The van der Waals surface area contributed by atoms with Crippen molar-refractivity contribution in [2.45, 2.75) is 65.1 Å². The summed E-state index contributed by atoms with van der Waals surface area (Å²) in [6.45, 7) is 13.1. The van der Waals surface area contributed by atoms with Crippen molar-refractivity contribution >= 4 is 0 Å². The summed E-state index contributed by atoms with van der Waals surface area (Å²) in [5.41, 5.74) is 0. The summed E-state index contributed by atoms with van der Waals surface area (Å²) in [4.78, 5) is 2.64. The molecule has 1 saturated heterocycles. The molecule has 0 saturated carbocycles. The Hall–Kier alpha value is -0.120. The van der Waals surface area contributed by atoms with Crippen molar-refractivity contribution in [2.75, 3.05) is 26.3 Å². The van der Waals surface area contributed by atoms with Gasteiger partial charge in [0, 0.05) is 24.7 Å². The lowest BCUT2D eigenvalue weighted by molar-refractivity contribution is -0.0283. The second-order valence-corrected chi connectivity index (χ2v) is 5.47. The number of ether oxygens (including phenoxy) is 1. The van der Waals surface area contributed by atoms with Gasteiger partial charge in [0.25, 0.3) is 0 Å². The average molecular weight is 242 g/mol. The van der Waals surface area contributed by atoms with Gasteiger partial charge in [-0.1, -0.05) is 20.8 Å². The molecule has 0 radical (unpaired) electrons. The summed E-state index contributed by atoms with van der Waals surface area (Å²) in [5, 5.41) is 3.49. The lowest BCUT2D eigenvalue weighted by Gasteiger charge is -2.39. The molecule has 0 amide bonds. The second-order valence-electron chi connectivity index (χ2n) is 5.47. The van der Waals surface area contributed by atoms with Crippen LogP contribution in [0.1, 0.15) is 47.0 Å². The number of nitrogens with zero attached hydrogens (tertiary/aromatic N) is 1. The summed E-state index contributed by atoms with van der Waals surface area (Å²) in [5.74, 6) is 0. The van der Waals surface area contributed by atoms with Crippen LogP contribution in [0.15, 0.2) is 0 Å². The van der Waals surface area contributed by atoms with Crippen molar-refractivity contribution < 1.29 is 4.74 Å². The fourth-order valence-electron chi connectivity index (χ4n) is 2.55. The molecule has 3 heteroatoms. The van der Waals surface area contributed by atoms with Crippen LogP contribution >= 0.6 is 0 Å². The van der Waals surface area contributed by atoms with Crippen molar-refractivity contribution in [2.24, 2.45) is 0 Å². The van der Waals surface area contributed by atoms with Crippen LogP contribution in [0.3, 0.4) is 0 Å². The van der Waals surface area contributed by atoms with Crippen molar-refractivity contribution in [1.82, 2.24) is 10.2 Å². The van der Waals surface area contributed by atoms with Gasteiger partial charge in [0.15, 0.2) is 0 Å². The average Bonchev–Trinajstić information content (AvgIpc) is 2.34. The van der Waals surface area contributed by atoms with Crippen LogP contribution in [0, 0.1) is 0 Å². The van der Waals surface area contributed by atoms with Crippen LogP contribution in [0.4, 0.5) is 0 Å². The molecular weight excluding hydrogens is 212 g/mol. The first-order valence-electron chi connectivity index (χ1n) is 7.22. The Morgan fingerprint density at radius 2 is 2.12 bits per heavy atom. The van der Waals surface area contributed by atoms with Crippen LogP contribution in [0.2, 0.25) is 0 Å². The molecule has 0 aromatic rings. The van der Waals surface area contributed by atoms with E-state index in [9.17, 15) is 0 Å². The number of hydrogen-bond donors (Lipinski definition) is 1. The van der Waals surface area contributed by atoms with Crippen molar-refractivity contribution in [3.63, 3.8) is 0 Å². The zero-order chi connectivity index (χ0) is 12.7. The summed E-state index contributed by atoms with van der Waals surface area (Å²) >= 11 is 0. The van der Waals surface area contributed by atoms with E-state index >= 15 is 0 Å². The van der Waals surface area contributed by atoms with E-state index in [2.05, 4.69) is 37.9 Å². The first kappa shape index (κ1) is 14.9. The molecule has 1 aliphatic rings. The minimum absolute atomic E-state index is 0.608. The zero-order valence-electron chi connectivity index (χ0n) is 12.0. The van der Waals surface area contributed by atoms with Crippen molar-refractivity contribution in [3.8, 4) is 0 Å². The predicted octanol–water partition coefficient (Wildman–Crippen LogP) is 2.26. The Labute approximate surface area is 107 Å². The summed E-state index contributed by atoms with van der Waals surface area (Å²) in [6, 6.07) is 1.94. The summed E-state index contributed by atoms with van der Waals surface area (Å²) < 4.78 is 5.56. The largest absolute Gasteiger partial charge is 0.378 e. The monoisotopic (exact) mass is 242 g/mol. The van der Waals surface area contributed by atoms with Crippen LogP contribution in [-0.2, 0) is 4.74 Å². The molecule has 2 unspecified atom stereocenters. The lowest BCUT2D eigenvalue weighted by atomic mass is 10.1. The molecule has 1 fully saturated rings. The van der Waals surface area contributed by atoms with E-state index in [4.69, 9.17) is 4.74 Å². The van der Waals surface area contributed by atoms with Crippen molar-refractivity contribution in [3.05, 3.63) is 0 Å². The first-order chi connectivity index (χ1) is 8.15. The fourth-order valence-corrected chi connectivity index (χ4v) is 2.55.